The predicted octanol–water partition coefficient (Wildman–Crippen LogP) is 0.794. The van der Waals surface area contributed by atoms with Gasteiger partial charge in [0, 0.05) is 6.07 Å². The molecule has 5 rings (SSSR count). The lowest BCUT2D eigenvalue weighted by molar-refractivity contribution is -0.288. The Hall–Kier alpha value is -4.45. The zero-order chi connectivity index (χ0) is 35.3. The van der Waals surface area contributed by atoms with Crippen LogP contribution in [-0.2, 0) is 18.9 Å². The summed E-state index contributed by atoms with van der Waals surface area (Å²) in [5.74, 6) is -0.526. The molecule has 8 unspecified atom stereocenters. The van der Waals surface area contributed by atoms with E-state index in [1.807, 2.05) is 0 Å². The Morgan fingerprint density at radius 2 is 1.61 bits per heavy atom. The van der Waals surface area contributed by atoms with Crippen molar-refractivity contribution in [2.75, 3.05) is 34.0 Å². The van der Waals surface area contributed by atoms with Gasteiger partial charge in [-0.25, -0.2) is 4.79 Å². The van der Waals surface area contributed by atoms with Crippen LogP contribution in [0.4, 0.5) is 0 Å². The lowest BCUT2D eigenvalue weighted by atomic mass is 9.98. The lowest BCUT2D eigenvalue weighted by Gasteiger charge is -2.42. The van der Waals surface area contributed by atoms with Gasteiger partial charge in [0.2, 0.25) is 6.29 Å². The highest BCUT2D eigenvalue weighted by Gasteiger charge is 2.51. The van der Waals surface area contributed by atoms with E-state index >= 15 is 0 Å². The number of aliphatic hydroxyl groups excluding tert-OH is 4. The van der Waals surface area contributed by atoms with E-state index in [1.165, 1.54) is 38.5 Å². The third kappa shape index (κ3) is 8.24. The second kappa shape index (κ2) is 15.4. The van der Waals surface area contributed by atoms with E-state index in [9.17, 15) is 40.5 Å². The van der Waals surface area contributed by atoms with Crippen LogP contribution in [-0.4, -0.2) is 124 Å². The van der Waals surface area contributed by atoms with Crippen LogP contribution in [0.1, 0.15) is 21.5 Å². The molecule has 2 heterocycles. The van der Waals surface area contributed by atoms with Gasteiger partial charge in [-0.2, -0.15) is 0 Å². The van der Waals surface area contributed by atoms with E-state index in [1.54, 1.807) is 48.6 Å². The van der Waals surface area contributed by atoms with Crippen molar-refractivity contribution in [3.63, 3.8) is 0 Å². The summed E-state index contributed by atoms with van der Waals surface area (Å²) >= 11 is 0. The van der Waals surface area contributed by atoms with E-state index in [-0.39, 0.29) is 28.6 Å². The van der Waals surface area contributed by atoms with Gasteiger partial charge >= 0.3 is 5.97 Å². The monoisotopic (exact) mass is 686 g/mol. The topological polar surface area (TPSA) is 223 Å². The van der Waals surface area contributed by atoms with Gasteiger partial charge in [0.05, 0.1) is 39.6 Å². The fraction of sp³-hybridized carbons (Fsp3) is 0.382. The standard InChI is InChI=1S/C34H38O15/c1-43-22-11-19(4-3-18-5-8-21(36)9-6-18)12-23(14-22)47-32-29(49-31(41)20-7-10-24(37)25(13-20)44-2)28(39)27(38)26(48-32)15-45-33-30(40)34(42,16-35)17-46-33/h3-14,26-30,32-33,35-40,42H,15-17H2,1-2H3. The highest BCUT2D eigenvalue weighted by Crippen LogP contribution is 2.33. The van der Waals surface area contributed by atoms with E-state index < -0.39 is 74.5 Å². The number of methoxy groups -OCH3 is 2. The first-order valence-corrected chi connectivity index (χ1v) is 15.1. The highest BCUT2D eigenvalue weighted by molar-refractivity contribution is 5.90. The molecule has 0 spiro atoms. The third-order valence-corrected chi connectivity index (χ3v) is 8.06. The highest BCUT2D eigenvalue weighted by atomic mass is 16.7. The fourth-order valence-electron chi connectivity index (χ4n) is 5.17. The van der Waals surface area contributed by atoms with Crippen LogP contribution in [0, 0.1) is 0 Å². The van der Waals surface area contributed by atoms with Crippen LogP contribution in [0.3, 0.4) is 0 Å². The third-order valence-electron chi connectivity index (χ3n) is 8.06. The molecule has 49 heavy (non-hydrogen) atoms. The van der Waals surface area contributed by atoms with Crippen LogP contribution < -0.4 is 14.2 Å². The van der Waals surface area contributed by atoms with Crippen molar-refractivity contribution in [2.24, 2.45) is 0 Å². The van der Waals surface area contributed by atoms with Gasteiger partial charge < -0.3 is 68.9 Å². The summed E-state index contributed by atoms with van der Waals surface area (Å²) < 4.78 is 39.0. The minimum absolute atomic E-state index is 0.00590. The number of aliphatic hydroxyl groups is 5. The maximum Gasteiger partial charge on any atom is 0.338 e. The molecule has 2 aliphatic rings. The van der Waals surface area contributed by atoms with Crippen LogP contribution in [0.15, 0.2) is 60.7 Å². The molecule has 2 aliphatic heterocycles. The maximum atomic E-state index is 13.2. The Morgan fingerprint density at radius 1 is 0.898 bits per heavy atom. The van der Waals surface area contributed by atoms with Gasteiger partial charge in [-0.05, 0) is 53.6 Å². The van der Waals surface area contributed by atoms with Gasteiger partial charge in [-0.1, -0.05) is 24.3 Å². The number of hydrogen-bond donors (Lipinski definition) is 7. The normalized spacial score (nSPS) is 28.3. The molecule has 7 N–H and O–H groups in total. The molecule has 15 heteroatoms. The number of hydrogen-bond acceptors (Lipinski definition) is 15. The van der Waals surface area contributed by atoms with Gasteiger partial charge in [0.15, 0.2) is 23.9 Å². The predicted molar refractivity (Wildman–Crippen MR) is 169 cm³/mol. The van der Waals surface area contributed by atoms with Gasteiger partial charge in [0.25, 0.3) is 0 Å². The van der Waals surface area contributed by atoms with E-state index in [0.29, 0.717) is 11.3 Å². The van der Waals surface area contributed by atoms with Crippen LogP contribution in [0.5, 0.6) is 28.7 Å². The number of aromatic hydroxyl groups is 2. The average molecular weight is 687 g/mol. The molecule has 15 nitrogen and oxygen atoms in total. The Morgan fingerprint density at radius 3 is 2.29 bits per heavy atom. The molecule has 3 aromatic carbocycles. The molecule has 0 radical (unpaired) electrons. The first-order chi connectivity index (χ1) is 23.4. The zero-order valence-electron chi connectivity index (χ0n) is 26.5. The van der Waals surface area contributed by atoms with Crippen molar-refractivity contribution in [2.45, 2.75) is 48.7 Å². The van der Waals surface area contributed by atoms with E-state index in [2.05, 4.69) is 0 Å². The second-order valence-corrected chi connectivity index (χ2v) is 11.5. The minimum Gasteiger partial charge on any atom is -0.508 e. The molecule has 2 fully saturated rings. The fourth-order valence-corrected chi connectivity index (χ4v) is 5.17. The van der Waals surface area contributed by atoms with Crippen molar-refractivity contribution in [3.05, 3.63) is 77.4 Å². The number of carbonyl (C=O) groups is 1. The molecule has 264 valence electrons. The summed E-state index contributed by atoms with van der Waals surface area (Å²) in [6.45, 7) is -1.70. The Labute approximate surface area is 280 Å². The molecule has 0 aromatic heterocycles. The molecular weight excluding hydrogens is 648 g/mol. The summed E-state index contributed by atoms with van der Waals surface area (Å²) in [6, 6.07) is 15.1. The number of benzene rings is 3. The maximum absolute atomic E-state index is 13.2. The van der Waals surface area contributed by atoms with Crippen LogP contribution in [0.2, 0.25) is 0 Å². The average Bonchev–Trinajstić information content (AvgIpc) is 3.39. The van der Waals surface area contributed by atoms with Crippen molar-refractivity contribution < 1.29 is 73.7 Å². The van der Waals surface area contributed by atoms with Crippen molar-refractivity contribution in [1.82, 2.24) is 0 Å². The summed E-state index contributed by atoms with van der Waals surface area (Å²) in [5, 5.41) is 71.8. The summed E-state index contributed by atoms with van der Waals surface area (Å²) in [5.41, 5.74) is -0.594. The molecule has 0 aliphatic carbocycles. The zero-order valence-corrected chi connectivity index (χ0v) is 26.5. The van der Waals surface area contributed by atoms with Gasteiger partial charge in [-0.3, -0.25) is 0 Å². The number of phenols is 2. The van der Waals surface area contributed by atoms with Crippen LogP contribution in [0.25, 0.3) is 12.2 Å². The Balaban J connectivity index is 1.40. The Kier molecular flexibility index (Phi) is 11.3. The molecular formula is C34H38O15. The molecule has 3 aromatic rings. The Bertz CT molecular complexity index is 1610. The SMILES string of the molecule is COc1cc(C=Cc2ccc(O)cc2)cc(OC2OC(COC3OCC(O)(CO)C3O)C(O)C(O)C2OC(=O)c2ccc(O)c(OC)c2)c1. The largest absolute Gasteiger partial charge is 0.508 e. The van der Waals surface area contributed by atoms with Crippen LogP contribution >= 0.6 is 0 Å². The molecule has 0 saturated carbocycles. The first-order valence-electron chi connectivity index (χ1n) is 15.1. The summed E-state index contributed by atoms with van der Waals surface area (Å²) in [4.78, 5) is 13.2. The first kappa shape index (κ1) is 35.8. The summed E-state index contributed by atoms with van der Waals surface area (Å²) in [7, 11) is 2.75. The van der Waals surface area contributed by atoms with Gasteiger partial charge in [0.1, 0.15) is 47.3 Å². The van der Waals surface area contributed by atoms with E-state index in [0.717, 1.165) is 5.56 Å². The molecule has 8 atom stereocenters. The molecule has 2 saturated heterocycles. The lowest BCUT2D eigenvalue weighted by Crippen LogP contribution is -2.61. The summed E-state index contributed by atoms with van der Waals surface area (Å²) in [6.07, 6.45) is -7.49. The quantitative estimate of drug-likeness (QED) is 0.103. The molecule has 0 amide bonds. The number of carbonyl (C=O) groups excluding carboxylic acids is 1. The van der Waals surface area contributed by atoms with E-state index in [4.69, 9.17) is 33.2 Å². The smallest absolute Gasteiger partial charge is 0.338 e. The van der Waals surface area contributed by atoms with Crippen molar-refractivity contribution >= 4 is 18.1 Å². The number of phenolic OH excluding ortho intramolecular Hbond substituents is 2. The second-order valence-electron chi connectivity index (χ2n) is 11.5. The van der Waals surface area contributed by atoms with Gasteiger partial charge in [-0.15, -0.1) is 0 Å². The van der Waals surface area contributed by atoms with Crippen molar-refractivity contribution in [3.8, 4) is 28.7 Å². The number of esters is 1. The van der Waals surface area contributed by atoms with Crippen molar-refractivity contribution in [1.29, 1.82) is 0 Å². The number of ether oxygens (including phenoxy) is 7. The number of rotatable bonds is 12. The minimum atomic E-state index is -1.96. The molecule has 0 bridgehead atoms.